The number of carbonyl (C=O) groups is 2. The van der Waals surface area contributed by atoms with Crippen LogP contribution in [-0.4, -0.2) is 66.5 Å². The van der Waals surface area contributed by atoms with E-state index < -0.39 is 0 Å². The van der Waals surface area contributed by atoms with Crippen LogP contribution in [-0.2, 0) is 9.53 Å². The molecule has 7 heteroatoms. The fourth-order valence-electron chi connectivity index (χ4n) is 3.65. The molecule has 2 amide bonds. The first-order chi connectivity index (χ1) is 11.2. The lowest BCUT2D eigenvalue weighted by Gasteiger charge is -2.26. The molecule has 23 heavy (non-hydrogen) atoms. The molecule has 126 valence electrons. The fourth-order valence-corrected chi connectivity index (χ4v) is 4.17. The molecule has 1 aromatic rings. The number of amides is 2. The maximum absolute atomic E-state index is 12.8. The predicted octanol–water partition coefficient (Wildman–Crippen LogP) is 1.63. The van der Waals surface area contributed by atoms with Crippen LogP contribution in [0.4, 0.5) is 0 Å². The number of methoxy groups -OCH3 is 1. The van der Waals surface area contributed by atoms with Crippen LogP contribution < -0.4 is 0 Å². The SMILES string of the molecule is COCCN1CCC2(CCCN(C(=O)c3cscn3)CC2)C1=O. The summed E-state index contributed by atoms with van der Waals surface area (Å²) in [6.45, 7) is 3.40. The van der Waals surface area contributed by atoms with Crippen LogP contribution in [0.3, 0.4) is 0 Å². The number of rotatable bonds is 4. The molecular formula is C16H23N3O3S. The van der Waals surface area contributed by atoms with Crippen molar-refractivity contribution in [1.82, 2.24) is 14.8 Å². The molecule has 0 aromatic carbocycles. The number of aromatic nitrogens is 1. The Morgan fingerprint density at radius 3 is 2.91 bits per heavy atom. The average molecular weight is 337 g/mol. The minimum absolute atomic E-state index is 0.00927. The first-order valence-corrected chi connectivity index (χ1v) is 9.06. The minimum atomic E-state index is -0.273. The van der Waals surface area contributed by atoms with Crippen LogP contribution >= 0.6 is 11.3 Å². The van der Waals surface area contributed by atoms with Crippen molar-refractivity contribution in [2.75, 3.05) is 39.9 Å². The molecule has 1 spiro atoms. The number of nitrogens with zero attached hydrogens (tertiary/aromatic N) is 3. The van der Waals surface area contributed by atoms with Crippen LogP contribution in [0.5, 0.6) is 0 Å². The van der Waals surface area contributed by atoms with Crippen LogP contribution in [0.15, 0.2) is 10.9 Å². The van der Waals surface area contributed by atoms with Crippen molar-refractivity contribution in [3.8, 4) is 0 Å². The summed E-state index contributed by atoms with van der Waals surface area (Å²) < 4.78 is 5.09. The fraction of sp³-hybridized carbons (Fsp3) is 0.688. The Kier molecular flexibility index (Phi) is 4.96. The van der Waals surface area contributed by atoms with Crippen LogP contribution in [0.2, 0.25) is 0 Å². The van der Waals surface area contributed by atoms with Gasteiger partial charge in [-0.1, -0.05) is 0 Å². The lowest BCUT2D eigenvalue weighted by molar-refractivity contribution is -0.137. The summed E-state index contributed by atoms with van der Waals surface area (Å²) in [6, 6.07) is 0. The molecule has 0 saturated carbocycles. The second kappa shape index (κ2) is 6.97. The van der Waals surface area contributed by atoms with Gasteiger partial charge in [-0.3, -0.25) is 9.59 Å². The molecule has 2 aliphatic rings. The van der Waals surface area contributed by atoms with E-state index in [4.69, 9.17) is 4.74 Å². The van der Waals surface area contributed by atoms with Gasteiger partial charge in [0.25, 0.3) is 5.91 Å². The van der Waals surface area contributed by atoms with E-state index in [2.05, 4.69) is 4.98 Å². The third kappa shape index (κ3) is 3.26. The Hall–Kier alpha value is -1.47. The van der Waals surface area contributed by atoms with E-state index in [0.717, 1.165) is 32.2 Å². The monoisotopic (exact) mass is 337 g/mol. The summed E-state index contributed by atoms with van der Waals surface area (Å²) in [5, 5.41) is 1.79. The molecule has 0 bridgehead atoms. The van der Waals surface area contributed by atoms with Gasteiger partial charge >= 0.3 is 0 Å². The highest BCUT2D eigenvalue weighted by Crippen LogP contribution is 2.41. The van der Waals surface area contributed by atoms with Crippen molar-refractivity contribution in [1.29, 1.82) is 0 Å². The molecular weight excluding hydrogens is 314 g/mol. The summed E-state index contributed by atoms with van der Waals surface area (Å²) in [5.41, 5.74) is 1.93. The van der Waals surface area contributed by atoms with Gasteiger partial charge in [0.05, 0.1) is 17.5 Å². The smallest absolute Gasteiger partial charge is 0.273 e. The summed E-state index contributed by atoms with van der Waals surface area (Å²) in [6.07, 6.45) is 3.40. The lowest BCUT2D eigenvalue weighted by Crippen LogP contribution is -2.37. The summed E-state index contributed by atoms with van der Waals surface area (Å²) in [5.74, 6) is 0.238. The molecule has 2 saturated heterocycles. The first kappa shape index (κ1) is 16.4. The van der Waals surface area contributed by atoms with Crippen LogP contribution in [0.25, 0.3) is 0 Å². The maximum Gasteiger partial charge on any atom is 0.273 e. The average Bonchev–Trinajstić information content (AvgIpc) is 3.12. The first-order valence-electron chi connectivity index (χ1n) is 8.12. The third-order valence-electron chi connectivity index (χ3n) is 5.05. The number of thiazole rings is 1. The van der Waals surface area contributed by atoms with Crippen molar-refractivity contribution < 1.29 is 14.3 Å². The molecule has 1 aromatic heterocycles. The van der Waals surface area contributed by atoms with Gasteiger partial charge in [0.1, 0.15) is 5.69 Å². The molecule has 2 aliphatic heterocycles. The molecule has 3 rings (SSSR count). The van der Waals surface area contributed by atoms with Gasteiger partial charge in [-0.2, -0.15) is 0 Å². The second-order valence-electron chi connectivity index (χ2n) is 6.33. The number of hydrogen-bond donors (Lipinski definition) is 0. The van der Waals surface area contributed by atoms with E-state index >= 15 is 0 Å². The van der Waals surface area contributed by atoms with Gasteiger partial charge in [-0.05, 0) is 25.7 Å². The largest absolute Gasteiger partial charge is 0.383 e. The maximum atomic E-state index is 12.8. The van der Waals surface area contributed by atoms with Gasteiger partial charge in [-0.25, -0.2) is 4.98 Å². The molecule has 2 fully saturated rings. The summed E-state index contributed by atoms with van der Waals surface area (Å²) in [7, 11) is 1.66. The topological polar surface area (TPSA) is 62.7 Å². The Balaban J connectivity index is 1.64. The van der Waals surface area contributed by atoms with E-state index in [1.807, 2.05) is 9.80 Å². The summed E-state index contributed by atoms with van der Waals surface area (Å²) in [4.78, 5) is 33.1. The molecule has 0 radical (unpaired) electrons. The number of carbonyl (C=O) groups excluding carboxylic acids is 2. The highest BCUT2D eigenvalue weighted by Gasteiger charge is 2.47. The standard InChI is InChI=1S/C16H23N3O3S/c1-22-10-9-19-8-5-16(15(19)21)3-2-6-18(7-4-16)14(20)13-11-23-12-17-13/h11-12H,2-10H2,1H3. The Bertz CT molecular complexity index is 563. The predicted molar refractivity (Wildman–Crippen MR) is 87.4 cm³/mol. The molecule has 0 aliphatic carbocycles. The molecule has 3 heterocycles. The minimum Gasteiger partial charge on any atom is -0.383 e. The number of hydrogen-bond acceptors (Lipinski definition) is 5. The van der Waals surface area contributed by atoms with E-state index in [-0.39, 0.29) is 17.2 Å². The van der Waals surface area contributed by atoms with Gasteiger partial charge in [0.2, 0.25) is 5.91 Å². The number of ether oxygens (including phenoxy) is 1. The highest BCUT2D eigenvalue weighted by atomic mass is 32.1. The zero-order valence-corrected chi connectivity index (χ0v) is 14.3. The Labute approximate surface area is 140 Å². The van der Waals surface area contributed by atoms with Gasteiger partial charge in [0, 0.05) is 38.7 Å². The second-order valence-corrected chi connectivity index (χ2v) is 7.05. The van der Waals surface area contributed by atoms with E-state index in [1.165, 1.54) is 11.3 Å². The van der Waals surface area contributed by atoms with E-state index in [0.29, 0.717) is 31.9 Å². The highest BCUT2D eigenvalue weighted by molar-refractivity contribution is 7.07. The molecule has 6 nitrogen and oxygen atoms in total. The third-order valence-corrected chi connectivity index (χ3v) is 5.64. The Morgan fingerprint density at radius 2 is 2.17 bits per heavy atom. The molecule has 1 atom stereocenters. The van der Waals surface area contributed by atoms with Gasteiger partial charge in [-0.15, -0.1) is 11.3 Å². The van der Waals surface area contributed by atoms with Gasteiger partial charge in [0.15, 0.2) is 0 Å². The summed E-state index contributed by atoms with van der Waals surface area (Å²) >= 11 is 1.43. The normalized spacial score (nSPS) is 25.2. The lowest BCUT2D eigenvalue weighted by atomic mass is 9.79. The van der Waals surface area contributed by atoms with Crippen molar-refractivity contribution >= 4 is 23.2 Å². The van der Waals surface area contributed by atoms with Crippen molar-refractivity contribution in [2.45, 2.75) is 25.7 Å². The van der Waals surface area contributed by atoms with Crippen molar-refractivity contribution in [2.24, 2.45) is 5.41 Å². The van der Waals surface area contributed by atoms with Crippen molar-refractivity contribution in [3.05, 3.63) is 16.6 Å². The molecule has 1 unspecified atom stereocenters. The Morgan fingerprint density at radius 1 is 1.35 bits per heavy atom. The molecule has 0 N–H and O–H groups in total. The van der Waals surface area contributed by atoms with E-state index in [1.54, 1.807) is 18.0 Å². The van der Waals surface area contributed by atoms with E-state index in [9.17, 15) is 9.59 Å². The van der Waals surface area contributed by atoms with Crippen LogP contribution in [0.1, 0.15) is 36.2 Å². The zero-order chi connectivity index (χ0) is 16.3. The van der Waals surface area contributed by atoms with Crippen LogP contribution in [0, 0.1) is 5.41 Å². The zero-order valence-electron chi connectivity index (χ0n) is 13.5. The quantitative estimate of drug-likeness (QED) is 0.838. The number of likely N-dealkylation sites (tertiary alicyclic amines) is 2. The van der Waals surface area contributed by atoms with Gasteiger partial charge < -0.3 is 14.5 Å². The van der Waals surface area contributed by atoms with Crippen molar-refractivity contribution in [3.63, 3.8) is 0 Å².